The Morgan fingerprint density at radius 1 is 1.43 bits per heavy atom. The van der Waals surface area contributed by atoms with E-state index in [0.717, 1.165) is 0 Å². The van der Waals surface area contributed by atoms with E-state index in [-0.39, 0.29) is 36.0 Å². The van der Waals surface area contributed by atoms with Crippen molar-refractivity contribution in [2.24, 2.45) is 5.73 Å². The zero-order valence-electron chi connectivity index (χ0n) is 11.6. The predicted molar refractivity (Wildman–Crippen MR) is 82.0 cm³/mol. The zero-order chi connectivity index (χ0) is 15.9. The number of hydrogen-bond donors (Lipinski definition) is 1. The van der Waals surface area contributed by atoms with Crippen LogP contribution in [0.25, 0.3) is 0 Å². The van der Waals surface area contributed by atoms with Gasteiger partial charge in [0.1, 0.15) is 4.90 Å². The Morgan fingerprint density at radius 3 is 2.67 bits per heavy atom. The van der Waals surface area contributed by atoms with Gasteiger partial charge in [-0.25, -0.2) is 8.42 Å². The summed E-state index contributed by atoms with van der Waals surface area (Å²) >= 11 is 6.06. The minimum atomic E-state index is -3.71. The quantitative estimate of drug-likeness (QED) is 0.832. The predicted octanol–water partition coefficient (Wildman–Crippen LogP) is 1.57. The lowest BCUT2D eigenvalue weighted by Gasteiger charge is -2.19. The molecule has 0 aromatic heterocycles. The van der Waals surface area contributed by atoms with Gasteiger partial charge in [-0.05, 0) is 18.2 Å². The van der Waals surface area contributed by atoms with Crippen LogP contribution in [-0.2, 0) is 10.0 Å². The van der Waals surface area contributed by atoms with Gasteiger partial charge in [0.15, 0.2) is 0 Å². The number of sulfonamides is 1. The molecular weight excluding hydrogens is 310 g/mol. The van der Waals surface area contributed by atoms with Crippen molar-refractivity contribution in [1.82, 2.24) is 4.31 Å². The van der Waals surface area contributed by atoms with Crippen LogP contribution in [0.1, 0.15) is 18.9 Å². The number of rotatable bonds is 5. The minimum Gasteiger partial charge on any atom is -0.320 e. The van der Waals surface area contributed by atoms with E-state index < -0.39 is 10.0 Å². The Morgan fingerprint density at radius 2 is 2.14 bits per heavy atom. The van der Waals surface area contributed by atoms with Crippen molar-refractivity contribution in [2.75, 3.05) is 19.6 Å². The van der Waals surface area contributed by atoms with Crippen molar-refractivity contribution >= 4 is 21.6 Å². The second kappa shape index (κ2) is 8.02. The van der Waals surface area contributed by atoms with Crippen LogP contribution in [0.5, 0.6) is 0 Å². The number of nitriles is 1. The van der Waals surface area contributed by atoms with E-state index in [0.29, 0.717) is 5.56 Å². The van der Waals surface area contributed by atoms with Gasteiger partial charge < -0.3 is 5.73 Å². The van der Waals surface area contributed by atoms with Crippen LogP contribution >= 0.6 is 11.6 Å². The van der Waals surface area contributed by atoms with E-state index in [1.54, 1.807) is 13.0 Å². The van der Waals surface area contributed by atoms with Crippen molar-refractivity contribution in [3.63, 3.8) is 0 Å². The first-order chi connectivity index (χ1) is 9.97. The summed E-state index contributed by atoms with van der Waals surface area (Å²) in [6.07, 6.45) is 0.130. The van der Waals surface area contributed by atoms with Crippen LogP contribution in [0.2, 0.25) is 5.02 Å². The molecule has 0 aliphatic carbocycles. The fraction of sp³-hybridized carbons (Fsp3) is 0.357. The Balaban J connectivity index is 3.17. The summed E-state index contributed by atoms with van der Waals surface area (Å²) in [6, 6.07) is 6.44. The third-order valence-corrected chi connectivity index (χ3v) is 5.17. The molecule has 5 nitrogen and oxygen atoms in total. The number of hydrogen-bond acceptors (Lipinski definition) is 4. The average molecular weight is 326 g/mol. The first-order valence-corrected chi connectivity index (χ1v) is 8.14. The molecular formula is C14H16ClN3O2S. The van der Waals surface area contributed by atoms with Crippen LogP contribution < -0.4 is 5.73 Å². The Labute approximate surface area is 130 Å². The van der Waals surface area contributed by atoms with Gasteiger partial charge in [0.05, 0.1) is 17.6 Å². The fourth-order valence-corrected chi connectivity index (χ4v) is 3.67. The van der Waals surface area contributed by atoms with Crippen LogP contribution in [0.15, 0.2) is 23.1 Å². The van der Waals surface area contributed by atoms with Crippen LogP contribution in [0, 0.1) is 23.2 Å². The monoisotopic (exact) mass is 325 g/mol. The van der Waals surface area contributed by atoms with E-state index in [1.807, 2.05) is 6.07 Å². The standard InChI is InChI=1S/C14H16ClN3O2S/c1-2-18(10-4-9-17)21(19,20)14-7-6-12(5-3-8-16)11-13(14)15/h6-7,11H,2,4,8,10,16H2,1H3. The average Bonchev–Trinajstić information content (AvgIpc) is 2.45. The molecule has 0 radical (unpaired) electrons. The molecule has 0 unspecified atom stereocenters. The molecule has 1 aromatic carbocycles. The first-order valence-electron chi connectivity index (χ1n) is 6.33. The maximum atomic E-state index is 12.5. The summed E-state index contributed by atoms with van der Waals surface area (Å²) in [4.78, 5) is 0.0160. The molecule has 0 spiro atoms. The van der Waals surface area contributed by atoms with Gasteiger partial charge >= 0.3 is 0 Å². The molecule has 0 bridgehead atoms. The van der Waals surface area contributed by atoms with Crippen molar-refractivity contribution in [3.8, 4) is 17.9 Å². The van der Waals surface area contributed by atoms with E-state index in [9.17, 15) is 8.42 Å². The largest absolute Gasteiger partial charge is 0.320 e. The lowest BCUT2D eigenvalue weighted by atomic mass is 10.2. The van der Waals surface area contributed by atoms with E-state index >= 15 is 0 Å². The summed E-state index contributed by atoms with van der Waals surface area (Å²) in [5.41, 5.74) is 5.88. The van der Waals surface area contributed by atoms with Crippen LogP contribution in [-0.4, -0.2) is 32.4 Å². The van der Waals surface area contributed by atoms with Gasteiger partial charge in [-0.3, -0.25) is 0 Å². The lowest BCUT2D eigenvalue weighted by Crippen LogP contribution is -2.32. The summed E-state index contributed by atoms with van der Waals surface area (Å²) in [6.45, 7) is 2.34. The molecule has 0 aliphatic heterocycles. The first kappa shape index (κ1) is 17.5. The molecule has 0 heterocycles. The second-order valence-electron chi connectivity index (χ2n) is 4.06. The smallest absolute Gasteiger partial charge is 0.244 e. The molecule has 112 valence electrons. The Kier molecular flexibility index (Phi) is 6.67. The van der Waals surface area contributed by atoms with Gasteiger partial charge in [-0.1, -0.05) is 30.4 Å². The van der Waals surface area contributed by atoms with E-state index in [4.69, 9.17) is 22.6 Å². The lowest BCUT2D eigenvalue weighted by molar-refractivity contribution is 0.435. The SMILES string of the molecule is CCN(CCC#N)S(=O)(=O)c1ccc(C#CCN)cc1Cl. The number of nitrogens with zero attached hydrogens (tertiary/aromatic N) is 2. The normalized spacial score (nSPS) is 10.8. The van der Waals surface area contributed by atoms with Crippen molar-refractivity contribution < 1.29 is 8.42 Å². The Bertz CT molecular complexity index is 699. The third kappa shape index (κ3) is 4.45. The summed E-state index contributed by atoms with van der Waals surface area (Å²) in [7, 11) is -3.71. The summed E-state index contributed by atoms with van der Waals surface area (Å²) in [5, 5.41) is 8.70. The van der Waals surface area contributed by atoms with E-state index in [1.165, 1.54) is 16.4 Å². The zero-order valence-corrected chi connectivity index (χ0v) is 13.2. The fourth-order valence-electron chi connectivity index (χ4n) is 1.70. The van der Waals surface area contributed by atoms with E-state index in [2.05, 4.69) is 11.8 Å². The topological polar surface area (TPSA) is 87.2 Å². The highest BCUT2D eigenvalue weighted by atomic mass is 35.5. The summed E-state index contributed by atoms with van der Waals surface area (Å²) in [5.74, 6) is 5.47. The van der Waals surface area contributed by atoms with Gasteiger partial charge in [-0.2, -0.15) is 9.57 Å². The van der Waals surface area contributed by atoms with Crippen molar-refractivity contribution in [1.29, 1.82) is 5.26 Å². The van der Waals surface area contributed by atoms with Crippen molar-refractivity contribution in [3.05, 3.63) is 28.8 Å². The number of nitrogens with two attached hydrogens (primary N) is 1. The van der Waals surface area contributed by atoms with Gasteiger partial charge in [0, 0.05) is 25.1 Å². The van der Waals surface area contributed by atoms with Crippen molar-refractivity contribution in [2.45, 2.75) is 18.2 Å². The molecule has 0 atom stereocenters. The molecule has 0 amide bonds. The van der Waals surface area contributed by atoms with Gasteiger partial charge in [0.25, 0.3) is 0 Å². The molecule has 7 heteroatoms. The molecule has 2 N–H and O–H groups in total. The third-order valence-electron chi connectivity index (χ3n) is 2.71. The van der Waals surface area contributed by atoms with Gasteiger partial charge in [0.2, 0.25) is 10.0 Å². The second-order valence-corrected chi connectivity index (χ2v) is 6.37. The molecule has 1 aromatic rings. The molecule has 0 aliphatic rings. The van der Waals surface area contributed by atoms with Crippen LogP contribution in [0.4, 0.5) is 0 Å². The highest BCUT2D eigenvalue weighted by Crippen LogP contribution is 2.25. The number of benzene rings is 1. The molecule has 0 saturated carbocycles. The highest BCUT2D eigenvalue weighted by molar-refractivity contribution is 7.89. The summed E-state index contributed by atoms with van der Waals surface area (Å²) < 4.78 is 26.2. The molecule has 0 saturated heterocycles. The van der Waals surface area contributed by atoms with Crippen LogP contribution in [0.3, 0.4) is 0 Å². The van der Waals surface area contributed by atoms with Gasteiger partial charge in [-0.15, -0.1) is 0 Å². The maximum Gasteiger partial charge on any atom is 0.244 e. The minimum absolute atomic E-state index is 0.0160. The molecule has 0 fully saturated rings. The number of halogens is 1. The highest BCUT2D eigenvalue weighted by Gasteiger charge is 2.25. The molecule has 21 heavy (non-hydrogen) atoms. The Hall–Kier alpha value is -1.57. The maximum absolute atomic E-state index is 12.5. The molecule has 1 rings (SSSR count).